The third-order valence-corrected chi connectivity index (χ3v) is 3.41. The van der Waals surface area contributed by atoms with Crippen LogP contribution in [0.5, 0.6) is 0 Å². The lowest BCUT2D eigenvalue weighted by Crippen LogP contribution is -2.08. The molecular weight excluding hydrogens is 184 g/mol. The number of rotatable bonds is 1. The smallest absolute Gasteiger partial charge is 0.0458 e. The molecule has 1 aromatic carbocycles. The summed E-state index contributed by atoms with van der Waals surface area (Å²) in [7, 11) is 0. The number of H-pyrrole nitrogens is 1. The number of hydrogen-bond acceptors (Lipinski definition) is 1. The van der Waals surface area contributed by atoms with Gasteiger partial charge in [0.1, 0.15) is 0 Å². The van der Waals surface area contributed by atoms with Crippen LogP contribution in [0.15, 0.2) is 24.3 Å². The zero-order chi connectivity index (χ0) is 10.3. The highest BCUT2D eigenvalue weighted by Crippen LogP contribution is 2.32. The number of nitrogens with one attached hydrogen (secondary N) is 2. The van der Waals surface area contributed by atoms with Gasteiger partial charge in [-0.2, -0.15) is 0 Å². The van der Waals surface area contributed by atoms with E-state index in [0.717, 1.165) is 13.1 Å². The molecule has 0 spiro atoms. The molecule has 2 heteroatoms. The number of hydrogen-bond donors (Lipinski definition) is 2. The minimum absolute atomic E-state index is 0.696. The Balaban J connectivity index is 2.19. The number of para-hydroxylation sites is 1. The van der Waals surface area contributed by atoms with Crippen molar-refractivity contribution < 1.29 is 0 Å². The lowest BCUT2D eigenvalue weighted by atomic mass is 9.95. The standard InChI is InChI=1S/C13H16N2/c1-9-13(10-6-7-14-8-10)11-4-2-3-5-12(11)15-9/h2-5,10,14-15H,6-8H2,1H3/t10-/m0/s1. The minimum atomic E-state index is 0.696. The normalized spacial score (nSPS) is 21.3. The van der Waals surface area contributed by atoms with E-state index in [1.54, 1.807) is 0 Å². The van der Waals surface area contributed by atoms with Crippen LogP contribution in [0.2, 0.25) is 0 Å². The largest absolute Gasteiger partial charge is 0.358 e. The number of aryl methyl sites for hydroxylation is 1. The number of fused-ring (bicyclic) bond motifs is 1. The molecular formula is C13H16N2. The van der Waals surface area contributed by atoms with E-state index in [2.05, 4.69) is 41.5 Å². The molecule has 1 fully saturated rings. The Morgan fingerprint density at radius 1 is 1.27 bits per heavy atom. The van der Waals surface area contributed by atoms with E-state index in [0.29, 0.717) is 5.92 Å². The monoisotopic (exact) mass is 200 g/mol. The summed E-state index contributed by atoms with van der Waals surface area (Å²) in [6.07, 6.45) is 1.27. The van der Waals surface area contributed by atoms with E-state index >= 15 is 0 Å². The van der Waals surface area contributed by atoms with Crippen molar-refractivity contribution in [2.45, 2.75) is 19.3 Å². The summed E-state index contributed by atoms with van der Waals surface area (Å²) in [6.45, 7) is 4.47. The van der Waals surface area contributed by atoms with E-state index < -0.39 is 0 Å². The van der Waals surface area contributed by atoms with Gasteiger partial charge in [0.2, 0.25) is 0 Å². The van der Waals surface area contributed by atoms with Crippen LogP contribution in [0, 0.1) is 6.92 Å². The summed E-state index contributed by atoms with van der Waals surface area (Å²) >= 11 is 0. The molecule has 2 aromatic rings. The van der Waals surface area contributed by atoms with Gasteiger partial charge in [0, 0.05) is 23.1 Å². The lowest BCUT2D eigenvalue weighted by molar-refractivity contribution is 0.763. The first kappa shape index (κ1) is 8.98. The van der Waals surface area contributed by atoms with Crippen LogP contribution < -0.4 is 5.32 Å². The predicted octanol–water partition coefficient (Wildman–Crippen LogP) is 2.55. The van der Waals surface area contributed by atoms with E-state index in [4.69, 9.17) is 0 Å². The lowest BCUT2D eigenvalue weighted by Gasteiger charge is -2.08. The zero-order valence-corrected chi connectivity index (χ0v) is 9.01. The van der Waals surface area contributed by atoms with Gasteiger partial charge in [-0.3, -0.25) is 0 Å². The first-order chi connectivity index (χ1) is 7.36. The Bertz CT molecular complexity index is 478. The molecule has 3 rings (SSSR count). The highest BCUT2D eigenvalue weighted by molar-refractivity contribution is 5.85. The van der Waals surface area contributed by atoms with Crippen molar-refractivity contribution in [1.29, 1.82) is 0 Å². The van der Waals surface area contributed by atoms with Crippen molar-refractivity contribution in [3.05, 3.63) is 35.5 Å². The predicted molar refractivity (Wildman–Crippen MR) is 63.3 cm³/mol. The van der Waals surface area contributed by atoms with E-state index in [-0.39, 0.29) is 0 Å². The first-order valence-corrected chi connectivity index (χ1v) is 5.64. The third kappa shape index (κ3) is 1.37. The van der Waals surface area contributed by atoms with Crippen molar-refractivity contribution >= 4 is 10.9 Å². The molecule has 0 bridgehead atoms. The Morgan fingerprint density at radius 2 is 2.13 bits per heavy atom. The highest BCUT2D eigenvalue weighted by atomic mass is 14.9. The van der Waals surface area contributed by atoms with Gasteiger partial charge in [0.25, 0.3) is 0 Å². The van der Waals surface area contributed by atoms with Gasteiger partial charge >= 0.3 is 0 Å². The zero-order valence-electron chi connectivity index (χ0n) is 9.01. The SMILES string of the molecule is Cc1[nH]c2ccccc2c1[C@H]1CCNC1. The molecule has 0 aliphatic carbocycles. The number of aromatic nitrogens is 1. The fourth-order valence-corrected chi connectivity index (χ4v) is 2.73. The number of aromatic amines is 1. The summed E-state index contributed by atoms with van der Waals surface area (Å²) < 4.78 is 0. The van der Waals surface area contributed by atoms with E-state index in [9.17, 15) is 0 Å². The fourth-order valence-electron chi connectivity index (χ4n) is 2.73. The van der Waals surface area contributed by atoms with Crippen LogP contribution in [0.4, 0.5) is 0 Å². The summed E-state index contributed by atoms with van der Waals surface area (Å²) in [4.78, 5) is 3.48. The fraction of sp³-hybridized carbons (Fsp3) is 0.385. The maximum atomic E-state index is 3.48. The molecule has 2 heterocycles. The van der Waals surface area contributed by atoms with Gasteiger partial charge in [0.15, 0.2) is 0 Å². The van der Waals surface area contributed by atoms with E-state index in [1.165, 1.54) is 28.6 Å². The second-order valence-corrected chi connectivity index (χ2v) is 4.40. The van der Waals surface area contributed by atoms with Crippen LogP contribution in [-0.2, 0) is 0 Å². The van der Waals surface area contributed by atoms with E-state index in [1.807, 2.05) is 0 Å². The van der Waals surface area contributed by atoms with Crippen LogP contribution in [0.3, 0.4) is 0 Å². The molecule has 78 valence electrons. The number of benzene rings is 1. The second-order valence-electron chi connectivity index (χ2n) is 4.40. The van der Waals surface area contributed by atoms with Crippen molar-refractivity contribution in [2.24, 2.45) is 0 Å². The molecule has 0 radical (unpaired) electrons. The molecule has 1 aliphatic rings. The van der Waals surface area contributed by atoms with Gasteiger partial charge in [-0.05, 0) is 37.4 Å². The summed E-state index contributed by atoms with van der Waals surface area (Å²) in [5.41, 5.74) is 4.14. The molecule has 0 saturated carbocycles. The van der Waals surface area contributed by atoms with Gasteiger partial charge in [-0.1, -0.05) is 18.2 Å². The van der Waals surface area contributed by atoms with Crippen LogP contribution >= 0.6 is 0 Å². The molecule has 2 N–H and O–H groups in total. The topological polar surface area (TPSA) is 27.8 Å². The average Bonchev–Trinajstić information content (AvgIpc) is 2.82. The molecule has 1 aromatic heterocycles. The summed E-state index contributed by atoms with van der Waals surface area (Å²) in [5, 5.41) is 4.84. The Kier molecular flexibility index (Phi) is 2.03. The van der Waals surface area contributed by atoms with Gasteiger partial charge < -0.3 is 10.3 Å². The highest BCUT2D eigenvalue weighted by Gasteiger charge is 2.21. The first-order valence-electron chi connectivity index (χ1n) is 5.64. The van der Waals surface area contributed by atoms with Crippen LogP contribution in [-0.4, -0.2) is 18.1 Å². The molecule has 15 heavy (non-hydrogen) atoms. The quantitative estimate of drug-likeness (QED) is 0.727. The third-order valence-electron chi connectivity index (χ3n) is 3.41. The molecule has 1 atom stereocenters. The summed E-state index contributed by atoms with van der Waals surface area (Å²) in [6, 6.07) is 8.61. The van der Waals surface area contributed by atoms with Crippen molar-refractivity contribution in [3.8, 4) is 0 Å². The molecule has 1 saturated heterocycles. The van der Waals surface area contributed by atoms with Gasteiger partial charge in [-0.25, -0.2) is 0 Å². The molecule has 0 amide bonds. The Morgan fingerprint density at radius 3 is 2.93 bits per heavy atom. The van der Waals surface area contributed by atoms with Crippen LogP contribution in [0.25, 0.3) is 10.9 Å². The van der Waals surface area contributed by atoms with Gasteiger partial charge in [0.05, 0.1) is 0 Å². The summed E-state index contributed by atoms with van der Waals surface area (Å²) in [5.74, 6) is 0.696. The van der Waals surface area contributed by atoms with Crippen molar-refractivity contribution in [1.82, 2.24) is 10.3 Å². The molecule has 0 unspecified atom stereocenters. The van der Waals surface area contributed by atoms with Gasteiger partial charge in [-0.15, -0.1) is 0 Å². The van der Waals surface area contributed by atoms with Crippen molar-refractivity contribution in [3.63, 3.8) is 0 Å². The van der Waals surface area contributed by atoms with Crippen LogP contribution in [0.1, 0.15) is 23.6 Å². The molecule has 2 nitrogen and oxygen atoms in total. The maximum Gasteiger partial charge on any atom is 0.0458 e. The minimum Gasteiger partial charge on any atom is -0.358 e. The average molecular weight is 200 g/mol. The Hall–Kier alpha value is -1.28. The second kappa shape index (κ2) is 3.38. The maximum absolute atomic E-state index is 3.48. The van der Waals surface area contributed by atoms with Crippen molar-refractivity contribution in [2.75, 3.05) is 13.1 Å². The molecule has 1 aliphatic heterocycles. The Labute approximate surface area is 89.7 Å².